The van der Waals surface area contributed by atoms with Crippen LogP contribution in [0, 0.1) is 6.92 Å². The number of nitrogens with zero attached hydrogens (tertiary/aromatic N) is 3. The number of aryl methyl sites for hydroxylation is 2. The van der Waals surface area contributed by atoms with Gasteiger partial charge in [0.2, 0.25) is 0 Å². The van der Waals surface area contributed by atoms with Crippen LogP contribution in [-0.4, -0.2) is 26.6 Å². The summed E-state index contributed by atoms with van der Waals surface area (Å²) in [5.41, 5.74) is 3.22. The van der Waals surface area contributed by atoms with Crippen LogP contribution in [0.2, 0.25) is 0 Å². The first-order chi connectivity index (χ1) is 11.5. The molecule has 6 nitrogen and oxygen atoms in total. The summed E-state index contributed by atoms with van der Waals surface area (Å²) in [4.78, 5) is 15.5. The first-order valence-electron chi connectivity index (χ1n) is 7.71. The Morgan fingerprint density at radius 1 is 1.46 bits per heavy atom. The molecule has 3 heterocycles. The number of hydrogen-bond donors (Lipinski definition) is 1. The number of rotatable bonds is 5. The monoisotopic (exact) mass is 324 g/mol. The molecule has 0 amide bonds. The molecule has 24 heavy (non-hydrogen) atoms. The number of aldehydes is 1. The molecule has 1 atom stereocenters. The largest absolute Gasteiger partial charge is 0.487 e. The van der Waals surface area contributed by atoms with Gasteiger partial charge in [0.15, 0.2) is 0 Å². The van der Waals surface area contributed by atoms with Crippen LogP contribution in [0.15, 0.2) is 48.6 Å². The third kappa shape index (κ3) is 3.08. The second-order valence-corrected chi connectivity index (χ2v) is 6.02. The van der Waals surface area contributed by atoms with Gasteiger partial charge in [-0.05, 0) is 37.6 Å². The lowest BCUT2D eigenvalue weighted by molar-refractivity contribution is -0.111. The van der Waals surface area contributed by atoms with Crippen LogP contribution in [0.5, 0.6) is 0 Å². The van der Waals surface area contributed by atoms with Gasteiger partial charge in [-0.1, -0.05) is 6.07 Å². The lowest BCUT2D eigenvalue weighted by Gasteiger charge is -2.24. The molecule has 124 valence electrons. The van der Waals surface area contributed by atoms with Gasteiger partial charge in [0.1, 0.15) is 24.2 Å². The van der Waals surface area contributed by atoms with Gasteiger partial charge >= 0.3 is 0 Å². The van der Waals surface area contributed by atoms with Crippen molar-refractivity contribution >= 4 is 6.29 Å². The van der Waals surface area contributed by atoms with E-state index in [-0.39, 0.29) is 0 Å². The number of carbonyl (C=O) groups is 1. The molecule has 1 aliphatic rings. The smallest absolute Gasteiger partial charge is 0.149 e. The van der Waals surface area contributed by atoms with E-state index in [4.69, 9.17) is 4.74 Å². The predicted octanol–water partition coefficient (Wildman–Crippen LogP) is 2.27. The van der Waals surface area contributed by atoms with Crippen molar-refractivity contribution in [2.45, 2.75) is 26.0 Å². The topological polar surface area (TPSA) is 69.0 Å². The van der Waals surface area contributed by atoms with Crippen LogP contribution in [0.3, 0.4) is 0 Å². The second-order valence-electron chi connectivity index (χ2n) is 6.02. The molecule has 0 radical (unpaired) electrons. The molecule has 1 unspecified atom stereocenters. The number of hydrogen-bond acceptors (Lipinski definition) is 5. The minimum atomic E-state index is -0.669. The van der Waals surface area contributed by atoms with Crippen molar-refractivity contribution in [3.63, 3.8) is 0 Å². The Morgan fingerprint density at radius 2 is 2.29 bits per heavy atom. The van der Waals surface area contributed by atoms with Gasteiger partial charge in [-0.25, -0.2) is 0 Å². The molecule has 1 aliphatic heterocycles. The first-order valence-corrected chi connectivity index (χ1v) is 7.71. The van der Waals surface area contributed by atoms with Crippen molar-refractivity contribution in [2.24, 2.45) is 7.05 Å². The Balaban J connectivity index is 1.78. The zero-order chi connectivity index (χ0) is 17.2. The fourth-order valence-electron chi connectivity index (χ4n) is 2.56. The maximum Gasteiger partial charge on any atom is 0.149 e. The van der Waals surface area contributed by atoms with E-state index in [0.717, 1.165) is 28.8 Å². The molecular weight excluding hydrogens is 304 g/mol. The van der Waals surface area contributed by atoms with Crippen LogP contribution >= 0.6 is 0 Å². The van der Waals surface area contributed by atoms with E-state index in [0.29, 0.717) is 12.4 Å². The Labute approximate surface area is 140 Å². The molecule has 0 spiro atoms. The van der Waals surface area contributed by atoms with Gasteiger partial charge in [-0.3, -0.25) is 9.67 Å². The van der Waals surface area contributed by atoms with E-state index >= 15 is 0 Å². The molecule has 0 aromatic carbocycles. The van der Waals surface area contributed by atoms with Crippen molar-refractivity contribution in [1.29, 1.82) is 0 Å². The van der Waals surface area contributed by atoms with Gasteiger partial charge in [-0.2, -0.15) is 5.10 Å². The van der Waals surface area contributed by atoms with Crippen LogP contribution in [-0.2, 0) is 23.2 Å². The van der Waals surface area contributed by atoms with E-state index < -0.39 is 5.54 Å². The Hall–Kier alpha value is -2.89. The maximum absolute atomic E-state index is 11.0. The minimum Gasteiger partial charge on any atom is -0.487 e. The Kier molecular flexibility index (Phi) is 4.20. The summed E-state index contributed by atoms with van der Waals surface area (Å²) >= 11 is 0. The van der Waals surface area contributed by atoms with Crippen molar-refractivity contribution in [3.8, 4) is 11.4 Å². The van der Waals surface area contributed by atoms with E-state index in [1.54, 1.807) is 31.5 Å². The molecule has 2 aromatic rings. The number of dihydropyridines is 1. The maximum atomic E-state index is 11.0. The number of pyridine rings is 1. The third-order valence-electron chi connectivity index (χ3n) is 4.00. The third-order valence-corrected chi connectivity index (χ3v) is 4.00. The van der Waals surface area contributed by atoms with E-state index in [2.05, 4.69) is 15.4 Å². The molecule has 3 rings (SSSR count). The van der Waals surface area contributed by atoms with Crippen LogP contribution < -0.4 is 5.32 Å². The summed E-state index contributed by atoms with van der Waals surface area (Å²) in [7, 11) is 1.90. The lowest BCUT2D eigenvalue weighted by atomic mass is 10.0. The average Bonchev–Trinajstić information content (AvgIpc) is 2.93. The van der Waals surface area contributed by atoms with Gasteiger partial charge < -0.3 is 14.8 Å². The van der Waals surface area contributed by atoms with Gasteiger partial charge in [0.25, 0.3) is 0 Å². The fraction of sp³-hybridized carbons (Fsp3) is 0.278. The Bertz CT molecular complexity index is 803. The SMILES string of the molecule is Cc1cnn(C)c1-c1ncccc1COC1=CNC(C)(C=O)C=C1. The normalized spacial score (nSPS) is 19.5. The number of allylic oxidation sites excluding steroid dienone is 1. The Morgan fingerprint density at radius 3 is 2.92 bits per heavy atom. The highest BCUT2D eigenvalue weighted by molar-refractivity contribution is 5.68. The minimum absolute atomic E-state index is 0.378. The predicted molar refractivity (Wildman–Crippen MR) is 90.8 cm³/mol. The summed E-state index contributed by atoms with van der Waals surface area (Å²) in [6.45, 7) is 4.19. The van der Waals surface area contributed by atoms with Crippen molar-refractivity contribution in [2.75, 3.05) is 0 Å². The highest BCUT2D eigenvalue weighted by atomic mass is 16.5. The van der Waals surface area contributed by atoms with Crippen molar-refractivity contribution in [3.05, 3.63) is 59.8 Å². The van der Waals surface area contributed by atoms with Crippen molar-refractivity contribution < 1.29 is 9.53 Å². The summed E-state index contributed by atoms with van der Waals surface area (Å²) in [6, 6.07) is 3.88. The molecule has 1 N–H and O–H groups in total. The first kappa shape index (κ1) is 16.0. The fourth-order valence-corrected chi connectivity index (χ4v) is 2.56. The molecular formula is C18H20N4O2. The average molecular weight is 324 g/mol. The molecule has 0 saturated heterocycles. The standard InChI is InChI=1S/C18H20N4O2/c1-13-9-21-22(3)17(13)16-14(5-4-8-19-16)11-24-15-6-7-18(2,12-23)20-10-15/h4-10,12,20H,11H2,1-3H3. The second kappa shape index (κ2) is 6.31. The number of aromatic nitrogens is 3. The zero-order valence-electron chi connectivity index (χ0n) is 14.0. The van der Waals surface area contributed by atoms with Crippen LogP contribution in [0.25, 0.3) is 11.4 Å². The molecule has 2 aromatic heterocycles. The number of carbonyl (C=O) groups excluding carboxylic acids is 1. The summed E-state index contributed by atoms with van der Waals surface area (Å²) in [6.07, 6.45) is 9.75. The summed E-state index contributed by atoms with van der Waals surface area (Å²) < 4.78 is 7.67. The van der Waals surface area contributed by atoms with Crippen molar-refractivity contribution in [1.82, 2.24) is 20.1 Å². The molecule has 6 heteroatoms. The lowest BCUT2D eigenvalue weighted by Crippen LogP contribution is -2.40. The van der Waals surface area contributed by atoms with Gasteiger partial charge in [0, 0.05) is 25.0 Å². The highest BCUT2D eigenvalue weighted by Crippen LogP contribution is 2.25. The number of ether oxygens (including phenoxy) is 1. The van der Waals surface area contributed by atoms with Gasteiger partial charge in [0.05, 0.1) is 17.6 Å². The van der Waals surface area contributed by atoms with E-state index in [1.807, 2.05) is 37.0 Å². The zero-order valence-corrected chi connectivity index (χ0v) is 14.0. The molecule has 0 saturated carbocycles. The molecule has 0 aliphatic carbocycles. The molecule has 0 bridgehead atoms. The van der Waals surface area contributed by atoms with E-state index in [9.17, 15) is 4.79 Å². The van der Waals surface area contributed by atoms with E-state index in [1.165, 1.54) is 0 Å². The summed E-state index contributed by atoms with van der Waals surface area (Å²) in [5.74, 6) is 0.672. The molecule has 0 fully saturated rings. The number of nitrogens with one attached hydrogen (secondary N) is 1. The summed E-state index contributed by atoms with van der Waals surface area (Å²) in [5, 5.41) is 7.30. The van der Waals surface area contributed by atoms with Crippen LogP contribution in [0.1, 0.15) is 18.1 Å². The van der Waals surface area contributed by atoms with Gasteiger partial charge in [-0.15, -0.1) is 0 Å². The van der Waals surface area contributed by atoms with Crippen LogP contribution in [0.4, 0.5) is 0 Å². The quantitative estimate of drug-likeness (QED) is 0.855. The highest BCUT2D eigenvalue weighted by Gasteiger charge is 2.21.